The van der Waals surface area contributed by atoms with Crippen LogP contribution in [0.4, 0.5) is 5.69 Å². The van der Waals surface area contributed by atoms with Gasteiger partial charge in [-0.15, -0.1) is 0 Å². The molecule has 6 nitrogen and oxygen atoms in total. The van der Waals surface area contributed by atoms with Crippen LogP contribution in [-0.2, 0) is 4.79 Å². The van der Waals surface area contributed by atoms with E-state index in [1.165, 1.54) is 0 Å². The molecule has 4 heterocycles. The van der Waals surface area contributed by atoms with Gasteiger partial charge in [-0.25, -0.2) is 0 Å². The van der Waals surface area contributed by atoms with Gasteiger partial charge in [-0.3, -0.25) is 24.7 Å². The molecule has 116 valence electrons. The molecule has 6 heteroatoms. The van der Waals surface area contributed by atoms with Crippen LogP contribution in [0.2, 0.25) is 0 Å². The lowest BCUT2D eigenvalue weighted by Gasteiger charge is -2.64. The molecule has 0 N–H and O–H groups in total. The Morgan fingerprint density at radius 3 is 2.09 bits per heavy atom. The molecule has 0 unspecified atom stereocenters. The number of rotatable bonds is 2. The first kappa shape index (κ1) is 13.8. The molecule has 5 rings (SSSR count). The maximum Gasteiger partial charge on any atom is 0.275 e. The highest BCUT2D eigenvalue weighted by molar-refractivity contribution is 5.92. The van der Waals surface area contributed by atoms with Gasteiger partial charge in [-0.05, 0) is 6.07 Å². The lowest BCUT2D eigenvalue weighted by atomic mass is 9.62. The van der Waals surface area contributed by atoms with E-state index in [1.54, 1.807) is 12.1 Å². The van der Waals surface area contributed by atoms with E-state index in [4.69, 9.17) is 0 Å². The van der Waals surface area contributed by atoms with Gasteiger partial charge in [0.2, 0.25) is 0 Å². The molecule has 0 spiro atoms. The van der Waals surface area contributed by atoms with Crippen molar-refractivity contribution >= 4 is 11.5 Å². The number of hydrogen-bond acceptors (Lipinski definition) is 5. The largest absolute Gasteiger partial charge is 0.298 e. The number of nitro groups is 1. The number of nitro benzene ring substituents is 1. The van der Waals surface area contributed by atoms with E-state index >= 15 is 0 Å². The number of para-hydroxylation sites is 1. The van der Waals surface area contributed by atoms with Crippen LogP contribution < -0.4 is 0 Å². The third kappa shape index (κ3) is 1.65. The standard InChI is InChI=1S/C16H19N3O3/c1-15-7-17-9-16(2,14(15)20)10-18(8-15)13(17)11-5-3-4-6-12(11)19(21)22/h3-6,13H,7-10H2,1-2H3. The molecule has 0 radical (unpaired) electrons. The first-order chi connectivity index (χ1) is 10.3. The van der Waals surface area contributed by atoms with Crippen LogP contribution in [0.1, 0.15) is 25.6 Å². The molecule has 22 heavy (non-hydrogen) atoms. The molecule has 0 atom stereocenters. The van der Waals surface area contributed by atoms with Crippen molar-refractivity contribution in [2.45, 2.75) is 20.0 Å². The summed E-state index contributed by atoms with van der Waals surface area (Å²) in [5, 5.41) is 11.3. The molecule has 0 amide bonds. The Kier molecular flexibility index (Phi) is 2.61. The minimum absolute atomic E-state index is 0.0872. The van der Waals surface area contributed by atoms with Crippen molar-refractivity contribution in [1.82, 2.24) is 9.80 Å². The monoisotopic (exact) mass is 301 g/mol. The summed E-state index contributed by atoms with van der Waals surface area (Å²) in [7, 11) is 0. The Labute approximate surface area is 128 Å². The lowest BCUT2D eigenvalue weighted by molar-refractivity contribution is -0.386. The summed E-state index contributed by atoms with van der Waals surface area (Å²) in [5.41, 5.74) is 0.226. The zero-order chi connectivity index (χ0) is 15.7. The predicted molar refractivity (Wildman–Crippen MR) is 80.2 cm³/mol. The van der Waals surface area contributed by atoms with Gasteiger partial charge < -0.3 is 0 Å². The molecule has 4 saturated heterocycles. The third-order valence-electron chi connectivity index (χ3n) is 5.41. The van der Waals surface area contributed by atoms with Crippen molar-refractivity contribution in [3.05, 3.63) is 39.9 Å². The van der Waals surface area contributed by atoms with Crippen LogP contribution in [0.5, 0.6) is 0 Å². The molecule has 4 aliphatic rings. The van der Waals surface area contributed by atoms with Crippen molar-refractivity contribution in [3.8, 4) is 0 Å². The fourth-order valence-electron chi connectivity index (χ4n) is 4.86. The maximum atomic E-state index is 12.7. The summed E-state index contributed by atoms with van der Waals surface area (Å²) in [4.78, 5) is 28.2. The highest BCUT2D eigenvalue weighted by Gasteiger charge is 2.62. The number of hydrogen-bond donors (Lipinski definition) is 0. The van der Waals surface area contributed by atoms with Crippen LogP contribution in [0.25, 0.3) is 0 Å². The van der Waals surface area contributed by atoms with Crippen molar-refractivity contribution < 1.29 is 9.72 Å². The van der Waals surface area contributed by atoms with Gasteiger partial charge in [0, 0.05) is 32.2 Å². The number of carbonyl (C=O) groups is 1. The van der Waals surface area contributed by atoms with E-state index in [0.717, 1.165) is 5.56 Å². The molecule has 4 aliphatic heterocycles. The van der Waals surface area contributed by atoms with Crippen molar-refractivity contribution in [1.29, 1.82) is 0 Å². The average molecular weight is 301 g/mol. The summed E-state index contributed by atoms with van der Waals surface area (Å²) in [5.74, 6) is 0.355. The Morgan fingerprint density at radius 1 is 1.09 bits per heavy atom. The Hall–Kier alpha value is -1.79. The number of Topliss-reactive ketones (excluding diaryl/α,β-unsaturated/α-hetero) is 1. The molecule has 0 aromatic heterocycles. The van der Waals surface area contributed by atoms with Gasteiger partial charge >= 0.3 is 0 Å². The van der Waals surface area contributed by atoms with E-state index in [2.05, 4.69) is 9.80 Å². The summed E-state index contributed by atoms with van der Waals surface area (Å²) >= 11 is 0. The second-order valence-corrected chi connectivity index (χ2v) is 7.45. The van der Waals surface area contributed by atoms with Crippen molar-refractivity contribution in [3.63, 3.8) is 0 Å². The molecule has 0 aliphatic carbocycles. The lowest BCUT2D eigenvalue weighted by Crippen LogP contribution is -2.75. The summed E-state index contributed by atoms with van der Waals surface area (Å²) in [6.07, 6.45) is -0.0872. The van der Waals surface area contributed by atoms with E-state index in [1.807, 2.05) is 26.0 Å². The van der Waals surface area contributed by atoms with Gasteiger partial charge in [-0.1, -0.05) is 26.0 Å². The zero-order valence-electron chi connectivity index (χ0n) is 12.8. The van der Waals surface area contributed by atoms with Gasteiger partial charge in [0.25, 0.3) is 5.69 Å². The second kappa shape index (κ2) is 4.14. The minimum atomic E-state index is -0.342. The predicted octanol–water partition coefficient (Wildman–Crippen LogP) is 1.82. The third-order valence-corrected chi connectivity index (χ3v) is 5.41. The number of nitrogens with zero attached hydrogens (tertiary/aromatic N) is 3. The first-order valence-corrected chi connectivity index (χ1v) is 7.60. The van der Waals surface area contributed by atoms with Gasteiger partial charge in [0.1, 0.15) is 5.78 Å². The van der Waals surface area contributed by atoms with Crippen LogP contribution in [-0.4, -0.2) is 46.7 Å². The fourth-order valence-corrected chi connectivity index (χ4v) is 4.86. The van der Waals surface area contributed by atoms with Crippen LogP contribution in [0.15, 0.2) is 24.3 Å². The number of ketones is 1. The maximum absolute atomic E-state index is 12.7. The highest BCUT2D eigenvalue weighted by Crippen LogP contribution is 2.52. The number of benzene rings is 1. The van der Waals surface area contributed by atoms with Crippen LogP contribution >= 0.6 is 0 Å². The smallest absolute Gasteiger partial charge is 0.275 e. The van der Waals surface area contributed by atoms with Gasteiger partial charge in [0.15, 0.2) is 0 Å². The molecule has 1 aromatic rings. The van der Waals surface area contributed by atoms with Gasteiger partial charge in [-0.2, -0.15) is 0 Å². The summed E-state index contributed by atoms with van der Waals surface area (Å²) < 4.78 is 0. The fraction of sp³-hybridized carbons (Fsp3) is 0.562. The normalized spacial score (nSPS) is 42.6. The van der Waals surface area contributed by atoms with Crippen molar-refractivity contribution in [2.24, 2.45) is 10.8 Å². The SMILES string of the molecule is CC12CN3CC(C)(CN(C1)C3c1ccccc1[N+](=O)[O-])C2=O. The van der Waals surface area contributed by atoms with E-state index in [9.17, 15) is 14.9 Å². The number of carbonyl (C=O) groups excluding carboxylic acids is 1. The molecule has 1 aromatic carbocycles. The summed E-state index contributed by atoms with van der Waals surface area (Å²) in [6.45, 7) is 6.82. The minimum Gasteiger partial charge on any atom is -0.298 e. The number of piperidine rings is 2. The zero-order valence-corrected chi connectivity index (χ0v) is 12.8. The topological polar surface area (TPSA) is 66.7 Å². The summed E-state index contributed by atoms with van der Waals surface area (Å²) in [6, 6.07) is 6.97. The molecule has 4 fully saturated rings. The second-order valence-electron chi connectivity index (χ2n) is 7.45. The first-order valence-electron chi connectivity index (χ1n) is 7.60. The Bertz CT molecular complexity index is 647. The van der Waals surface area contributed by atoms with Crippen LogP contribution in [0, 0.1) is 20.9 Å². The van der Waals surface area contributed by atoms with Crippen LogP contribution in [0.3, 0.4) is 0 Å². The van der Waals surface area contributed by atoms with E-state index < -0.39 is 0 Å². The Morgan fingerprint density at radius 2 is 1.59 bits per heavy atom. The molecular weight excluding hydrogens is 282 g/mol. The average Bonchev–Trinajstić information content (AvgIpc) is 2.43. The molecular formula is C16H19N3O3. The van der Waals surface area contributed by atoms with E-state index in [0.29, 0.717) is 32.0 Å². The van der Waals surface area contributed by atoms with E-state index in [-0.39, 0.29) is 27.6 Å². The Balaban J connectivity index is 1.79. The molecule has 0 saturated carbocycles. The quantitative estimate of drug-likeness (QED) is 0.616. The highest BCUT2D eigenvalue weighted by atomic mass is 16.6. The molecule has 4 bridgehead atoms. The van der Waals surface area contributed by atoms with Crippen molar-refractivity contribution in [2.75, 3.05) is 26.2 Å². The van der Waals surface area contributed by atoms with Gasteiger partial charge in [0.05, 0.1) is 27.5 Å².